The topological polar surface area (TPSA) is 102 Å². The first-order valence-electron chi connectivity index (χ1n) is 8.96. The number of benzene rings is 2. The average Bonchev–Trinajstić information content (AvgIpc) is 2.76. The Hall–Kier alpha value is -3.11. The van der Waals surface area contributed by atoms with Crippen LogP contribution in [0, 0.1) is 0 Å². The van der Waals surface area contributed by atoms with E-state index in [9.17, 15) is 18.0 Å². The molecule has 1 atom stereocenters. The number of sulfonamides is 1. The Bertz CT molecular complexity index is 1080. The van der Waals surface area contributed by atoms with Gasteiger partial charge in [-0.2, -0.15) is 0 Å². The van der Waals surface area contributed by atoms with Gasteiger partial charge >= 0.3 is 5.97 Å². The van der Waals surface area contributed by atoms with Crippen LogP contribution in [0.25, 0.3) is 0 Å². The molecule has 2 aromatic carbocycles. The molecular formula is C20H22N2O7S. The molecule has 0 bridgehead atoms. The minimum atomic E-state index is -3.86. The molecule has 0 aliphatic carbocycles. The van der Waals surface area contributed by atoms with Crippen LogP contribution in [0.2, 0.25) is 0 Å². The third kappa shape index (κ3) is 3.83. The van der Waals surface area contributed by atoms with E-state index in [0.29, 0.717) is 11.4 Å². The number of ether oxygens (including phenoxy) is 3. The summed E-state index contributed by atoms with van der Waals surface area (Å²) in [7, 11) is 1.51. The van der Waals surface area contributed by atoms with Gasteiger partial charge in [0.25, 0.3) is 5.91 Å². The van der Waals surface area contributed by atoms with Crippen molar-refractivity contribution in [1.82, 2.24) is 4.31 Å². The molecule has 0 fully saturated rings. The summed E-state index contributed by atoms with van der Waals surface area (Å²) in [5.74, 6) is -0.636. The second kappa shape index (κ2) is 8.33. The number of amides is 1. The van der Waals surface area contributed by atoms with Crippen LogP contribution in [0.1, 0.15) is 10.4 Å². The molecule has 1 aliphatic heterocycles. The number of hydrogen-bond donors (Lipinski definition) is 0. The molecule has 1 aliphatic rings. The van der Waals surface area contributed by atoms with Gasteiger partial charge in [0.15, 0.2) is 0 Å². The molecule has 30 heavy (non-hydrogen) atoms. The van der Waals surface area contributed by atoms with Crippen molar-refractivity contribution < 1.29 is 32.2 Å². The fraction of sp³-hybridized carbons (Fsp3) is 0.300. The number of carbonyl (C=O) groups is 2. The summed E-state index contributed by atoms with van der Waals surface area (Å²) in [6, 6.07) is 10.9. The lowest BCUT2D eigenvalue weighted by Gasteiger charge is -2.33. The molecule has 0 N–H and O–H groups in total. The van der Waals surface area contributed by atoms with Gasteiger partial charge in [0.05, 0.1) is 26.5 Å². The van der Waals surface area contributed by atoms with Crippen molar-refractivity contribution in [3.8, 4) is 11.5 Å². The van der Waals surface area contributed by atoms with E-state index >= 15 is 0 Å². The standard InChI is InChI=1S/C20H22N2O7S/c1-21(2)30(25,26)18-11-13(9-10-16(18)27-3)19(23)22-12-17(20(24)28-4)29-15-8-6-5-7-14(15)22/h5-11,17H,12H2,1-4H3/t17-/m0/s1. The predicted octanol–water partition coefficient (Wildman–Crippen LogP) is 1.53. The number of nitrogens with zero attached hydrogens (tertiary/aromatic N) is 2. The Kier molecular flexibility index (Phi) is 5.99. The zero-order valence-electron chi connectivity index (χ0n) is 17.0. The monoisotopic (exact) mass is 434 g/mol. The SMILES string of the molecule is COC(=O)[C@@H]1CN(C(=O)c2ccc(OC)c(S(=O)(=O)N(C)C)c2)c2ccccc2O1. The number of hydrogen-bond acceptors (Lipinski definition) is 7. The molecule has 0 saturated carbocycles. The Morgan fingerprint density at radius 3 is 2.47 bits per heavy atom. The Morgan fingerprint density at radius 2 is 1.83 bits per heavy atom. The summed E-state index contributed by atoms with van der Waals surface area (Å²) in [4.78, 5) is 26.6. The molecule has 0 radical (unpaired) electrons. The van der Waals surface area contributed by atoms with Crippen LogP contribution in [0.15, 0.2) is 47.4 Å². The highest BCUT2D eigenvalue weighted by atomic mass is 32.2. The van der Waals surface area contributed by atoms with Crippen LogP contribution in [-0.4, -0.2) is 65.6 Å². The highest BCUT2D eigenvalue weighted by Crippen LogP contribution is 2.35. The number of anilines is 1. The van der Waals surface area contributed by atoms with Crippen LogP contribution >= 0.6 is 0 Å². The van der Waals surface area contributed by atoms with Crippen LogP contribution in [0.4, 0.5) is 5.69 Å². The lowest BCUT2D eigenvalue weighted by atomic mass is 10.1. The fourth-order valence-electron chi connectivity index (χ4n) is 3.04. The van der Waals surface area contributed by atoms with E-state index < -0.39 is 28.0 Å². The number of rotatable bonds is 5. The maximum absolute atomic E-state index is 13.3. The normalized spacial score (nSPS) is 15.9. The third-order valence-corrected chi connectivity index (χ3v) is 6.49. The molecular weight excluding hydrogens is 412 g/mol. The second-order valence-corrected chi connectivity index (χ2v) is 8.79. The summed E-state index contributed by atoms with van der Waals surface area (Å²) < 4.78 is 42.0. The van der Waals surface area contributed by atoms with Gasteiger partial charge in [-0.15, -0.1) is 0 Å². The maximum atomic E-state index is 13.3. The summed E-state index contributed by atoms with van der Waals surface area (Å²) in [6.45, 7) is -0.0791. The van der Waals surface area contributed by atoms with Crippen molar-refractivity contribution in [2.45, 2.75) is 11.0 Å². The minimum absolute atomic E-state index is 0.0791. The quantitative estimate of drug-likeness (QED) is 0.658. The molecule has 0 unspecified atom stereocenters. The highest BCUT2D eigenvalue weighted by Gasteiger charge is 2.35. The molecule has 3 rings (SSSR count). The molecule has 2 aromatic rings. The van der Waals surface area contributed by atoms with Gasteiger partial charge in [0.2, 0.25) is 16.1 Å². The number of fused-ring (bicyclic) bond motifs is 1. The van der Waals surface area contributed by atoms with Gasteiger partial charge in [0, 0.05) is 19.7 Å². The Balaban J connectivity index is 2.07. The van der Waals surface area contributed by atoms with Crippen molar-refractivity contribution >= 4 is 27.6 Å². The average molecular weight is 434 g/mol. The molecule has 0 saturated heterocycles. The highest BCUT2D eigenvalue weighted by molar-refractivity contribution is 7.89. The van der Waals surface area contributed by atoms with Crippen molar-refractivity contribution in [2.75, 3.05) is 39.8 Å². The van der Waals surface area contributed by atoms with Crippen LogP contribution in [-0.2, 0) is 19.6 Å². The first-order chi connectivity index (χ1) is 14.2. The Labute approximate surface area is 174 Å². The van der Waals surface area contributed by atoms with E-state index in [1.54, 1.807) is 24.3 Å². The van der Waals surface area contributed by atoms with Crippen LogP contribution in [0.5, 0.6) is 11.5 Å². The number of esters is 1. The predicted molar refractivity (Wildman–Crippen MR) is 108 cm³/mol. The molecule has 10 heteroatoms. The first kappa shape index (κ1) is 21.6. The second-order valence-electron chi connectivity index (χ2n) is 6.67. The van der Waals surface area contributed by atoms with E-state index in [1.165, 1.54) is 51.4 Å². The van der Waals surface area contributed by atoms with Crippen LogP contribution < -0.4 is 14.4 Å². The van der Waals surface area contributed by atoms with E-state index in [4.69, 9.17) is 14.2 Å². The summed E-state index contributed by atoms with van der Waals surface area (Å²) in [6.07, 6.45) is -1.00. The van der Waals surface area contributed by atoms with Gasteiger partial charge in [0.1, 0.15) is 16.4 Å². The molecule has 1 amide bonds. The van der Waals surface area contributed by atoms with Crippen molar-refractivity contribution in [1.29, 1.82) is 0 Å². The first-order valence-corrected chi connectivity index (χ1v) is 10.4. The molecule has 0 aromatic heterocycles. The van der Waals surface area contributed by atoms with Gasteiger partial charge < -0.3 is 19.1 Å². The zero-order valence-corrected chi connectivity index (χ0v) is 17.8. The van der Waals surface area contributed by atoms with Crippen molar-refractivity contribution in [2.24, 2.45) is 0 Å². The lowest BCUT2D eigenvalue weighted by molar-refractivity contribution is -0.148. The zero-order chi connectivity index (χ0) is 22.1. The maximum Gasteiger partial charge on any atom is 0.348 e. The number of para-hydroxylation sites is 2. The van der Waals surface area contributed by atoms with E-state index in [2.05, 4.69) is 0 Å². The molecule has 0 spiro atoms. The number of methoxy groups -OCH3 is 2. The largest absolute Gasteiger partial charge is 0.495 e. The van der Waals surface area contributed by atoms with Gasteiger partial charge in [-0.25, -0.2) is 17.5 Å². The van der Waals surface area contributed by atoms with Gasteiger partial charge in [-0.1, -0.05) is 12.1 Å². The van der Waals surface area contributed by atoms with Crippen molar-refractivity contribution in [3.05, 3.63) is 48.0 Å². The summed E-state index contributed by atoms with van der Waals surface area (Å²) >= 11 is 0. The molecule has 160 valence electrons. The fourth-order valence-corrected chi connectivity index (χ4v) is 4.12. The smallest absolute Gasteiger partial charge is 0.348 e. The minimum Gasteiger partial charge on any atom is -0.495 e. The summed E-state index contributed by atoms with van der Waals surface area (Å²) in [5, 5.41) is 0. The molecule has 1 heterocycles. The van der Waals surface area contributed by atoms with E-state index in [0.717, 1.165) is 4.31 Å². The summed E-state index contributed by atoms with van der Waals surface area (Å²) in [5.41, 5.74) is 0.590. The van der Waals surface area contributed by atoms with Crippen LogP contribution in [0.3, 0.4) is 0 Å². The Morgan fingerprint density at radius 1 is 1.13 bits per heavy atom. The lowest BCUT2D eigenvalue weighted by Crippen LogP contribution is -2.47. The van der Waals surface area contributed by atoms with Gasteiger partial charge in [-0.05, 0) is 30.3 Å². The third-order valence-electron chi connectivity index (χ3n) is 4.65. The van der Waals surface area contributed by atoms with Gasteiger partial charge in [-0.3, -0.25) is 4.79 Å². The van der Waals surface area contributed by atoms with E-state index in [-0.39, 0.29) is 22.8 Å². The molecule has 9 nitrogen and oxygen atoms in total. The van der Waals surface area contributed by atoms with Crippen molar-refractivity contribution in [3.63, 3.8) is 0 Å². The number of carbonyl (C=O) groups excluding carboxylic acids is 2. The van der Waals surface area contributed by atoms with E-state index in [1.807, 2.05) is 0 Å².